The number of anilines is 1. The van der Waals surface area contributed by atoms with Crippen molar-refractivity contribution in [2.75, 3.05) is 12.4 Å². The van der Waals surface area contributed by atoms with Crippen LogP contribution in [0.2, 0.25) is 0 Å². The second-order valence-electron chi connectivity index (χ2n) is 8.19. The van der Waals surface area contributed by atoms with Gasteiger partial charge >= 0.3 is 12.1 Å². The number of aromatic nitrogens is 2. The van der Waals surface area contributed by atoms with E-state index in [1.165, 1.54) is 13.3 Å². The van der Waals surface area contributed by atoms with E-state index in [0.29, 0.717) is 17.2 Å². The predicted molar refractivity (Wildman–Crippen MR) is 138 cm³/mol. The zero-order chi connectivity index (χ0) is 28.0. The summed E-state index contributed by atoms with van der Waals surface area (Å²) in [4.78, 5) is 27.4. The first-order chi connectivity index (χ1) is 18.7. The first kappa shape index (κ1) is 27.3. The van der Waals surface area contributed by atoms with Gasteiger partial charge in [-0.05, 0) is 48.4 Å². The molecule has 202 valence electrons. The summed E-state index contributed by atoms with van der Waals surface area (Å²) in [5.74, 6) is -2.33. The molecule has 0 aliphatic rings. The summed E-state index contributed by atoms with van der Waals surface area (Å²) in [6.45, 7) is 0. The van der Waals surface area contributed by atoms with Crippen LogP contribution >= 0.6 is 0 Å². The number of hydrogen-bond acceptors (Lipinski definition) is 6. The number of sulfonamides is 1. The number of hydrogen-bond donors (Lipinski definition) is 3. The van der Waals surface area contributed by atoms with Crippen LogP contribution in [0.15, 0.2) is 90.1 Å². The Balaban J connectivity index is 1.62. The Morgan fingerprint density at radius 1 is 0.974 bits per heavy atom. The standard InChI is InChI=1S/C26H23F2N5O5S/c1-38-26(35)30-18-10-12-19(13-11-18)33-15-14-29-24(33)22(16-17-6-3-2-4-7-17)31-25(34)32-39(36,37)23-20(27)8-5-9-21(23)28/h2-15,22H,16H2,1H3,(H,30,35)(H2,31,32,34)/t22-/m0/s1. The van der Waals surface area contributed by atoms with E-state index in [9.17, 15) is 26.8 Å². The molecule has 0 aliphatic carbocycles. The summed E-state index contributed by atoms with van der Waals surface area (Å²) in [7, 11) is -3.63. The Kier molecular flexibility index (Phi) is 8.20. The summed E-state index contributed by atoms with van der Waals surface area (Å²) >= 11 is 0. The zero-order valence-electron chi connectivity index (χ0n) is 20.5. The summed E-state index contributed by atoms with van der Waals surface area (Å²) in [6.07, 6.45) is 2.72. The van der Waals surface area contributed by atoms with Crippen molar-refractivity contribution in [3.63, 3.8) is 0 Å². The first-order valence-electron chi connectivity index (χ1n) is 11.5. The Hall–Kier alpha value is -4.78. The number of benzene rings is 3. The van der Waals surface area contributed by atoms with Gasteiger partial charge in [0.25, 0.3) is 10.0 Å². The summed E-state index contributed by atoms with van der Waals surface area (Å²) in [6, 6.07) is 16.2. The highest BCUT2D eigenvalue weighted by Crippen LogP contribution is 2.23. The van der Waals surface area contributed by atoms with E-state index in [1.54, 1.807) is 51.9 Å². The lowest BCUT2D eigenvalue weighted by Crippen LogP contribution is -2.42. The number of carbonyl (C=O) groups excluding carboxylic acids is 2. The van der Waals surface area contributed by atoms with E-state index in [0.717, 1.165) is 23.8 Å². The fraction of sp³-hybridized carbons (Fsp3) is 0.115. The molecule has 0 saturated heterocycles. The maximum Gasteiger partial charge on any atom is 0.411 e. The van der Waals surface area contributed by atoms with Gasteiger partial charge in [0.05, 0.1) is 13.2 Å². The molecule has 0 saturated carbocycles. The quantitative estimate of drug-likeness (QED) is 0.297. The van der Waals surface area contributed by atoms with Gasteiger partial charge in [-0.3, -0.25) is 5.32 Å². The minimum Gasteiger partial charge on any atom is -0.453 e. The van der Waals surface area contributed by atoms with E-state index >= 15 is 0 Å². The number of rotatable bonds is 8. The number of ether oxygens (including phenoxy) is 1. The molecule has 1 atom stereocenters. The van der Waals surface area contributed by atoms with Gasteiger partial charge in [-0.1, -0.05) is 36.4 Å². The monoisotopic (exact) mass is 555 g/mol. The van der Waals surface area contributed by atoms with Crippen LogP contribution in [0.25, 0.3) is 5.69 Å². The molecule has 3 N–H and O–H groups in total. The van der Waals surface area contributed by atoms with Crippen molar-refractivity contribution >= 4 is 27.8 Å². The number of carbonyl (C=O) groups is 2. The lowest BCUT2D eigenvalue weighted by atomic mass is 10.1. The highest BCUT2D eigenvalue weighted by molar-refractivity contribution is 7.90. The summed E-state index contributed by atoms with van der Waals surface area (Å²) < 4.78 is 61.3. The van der Waals surface area contributed by atoms with Crippen LogP contribution in [0.4, 0.5) is 24.1 Å². The Labute approximate surface area is 222 Å². The molecule has 0 bridgehead atoms. The highest BCUT2D eigenvalue weighted by Gasteiger charge is 2.28. The number of urea groups is 1. The van der Waals surface area contributed by atoms with Gasteiger partial charge in [-0.15, -0.1) is 0 Å². The molecule has 0 unspecified atom stereocenters. The largest absolute Gasteiger partial charge is 0.453 e. The second-order valence-corrected chi connectivity index (χ2v) is 9.81. The fourth-order valence-electron chi connectivity index (χ4n) is 3.82. The predicted octanol–water partition coefficient (Wildman–Crippen LogP) is 4.30. The normalized spacial score (nSPS) is 11.9. The van der Waals surface area contributed by atoms with Crippen molar-refractivity contribution in [3.05, 3.63) is 108 Å². The van der Waals surface area contributed by atoms with Crippen LogP contribution in [0, 0.1) is 11.6 Å². The highest BCUT2D eigenvalue weighted by atomic mass is 32.2. The third-order valence-corrected chi connectivity index (χ3v) is 6.94. The van der Waals surface area contributed by atoms with E-state index in [1.807, 2.05) is 18.2 Å². The molecule has 3 amide bonds. The molecule has 1 heterocycles. The van der Waals surface area contributed by atoms with Gasteiger partial charge in [0.1, 0.15) is 17.5 Å². The number of amides is 3. The van der Waals surface area contributed by atoms with Crippen LogP contribution < -0.4 is 15.4 Å². The van der Waals surface area contributed by atoms with Crippen molar-refractivity contribution < 1.29 is 31.5 Å². The zero-order valence-corrected chi connectivity index (χ0v) is 21.3. The van der Waals surface area contributed by atoms with Crippen LogP contribution in [0.5, 0.6) is 0 Å². The number of methoxy groups -OCH3 is 1. The Morgan fingerprint density at radius 2 is 1.64 bits per heavy atom. The SMILES string of the molecule is COC(=O)Nc1ccc(-n2ccnc2[C@H](Cc2ccccc2)NC(=O)NS(=O)(=O)c2c(F)cccc2F)cc1. The Morgan fingerprint density at radius 3 is 2.28 bits per heavy atom. The maximum absolute atomic E-state index is 14.1. The van der Waals surface area contributed by atoms with E-state index in [4.69, 9.17) is 0 Å². The molecule has 3 aromatic carbocycles. The molecule has 0 radical (unpaired) electrons. The van der Waals surface area contributed by atoms with Gasteiger partial charge < -0.3 is 14.6 Å². The van der Waals surface area contributed by atoms with Crippen molar-refractivity contribution in [1.29, 1.82) is 0 Å². The van der Waals surface area contributed by atoms with Crippen molar-refractivity contribution in [2.24, 2.45) is 0 Å². The maximum atomic E-state index is 14.1. The number of halogens is 2. The molecule has 0 aliphatic heterocycles. The first-order valence-corrected chi connectivity index (χ1v) is 13.0. The minimum absolute atomic E-state index is 0.210. The molecule has 4 rings (SSSR count). The van der Waals surface area contributed by atoms with Crippen molar-refractivity contribution in [2.45, 2.75) is 17.4 Å². The van der Waals surface area contributed by atoms with Crippen molar-refractivity contribution in [3.8, 4) is 5.69 Å². The topological polar surface area (TPSA) is 131 Å². The van der Waals surface area contributed by atoms with Crippen LogP contribution in [-0.2, 0) is 21.2 Å². The van der Waals surface area contributed by atoms with Gasteiger partial charge in [0.15, 0.2) is 4.90 Å². The van der Waals surface area contributed by atoms with Gasteiger partial charge in [-0.25, -0.2) is 36.5 Å². The van der Waals surface area contributed by atoms with E-state index < -0.39 is 44.7 Å². The molecule has 0 fully saturated rings. The van der Waals surface area contributed by atoms with Crippen LogP contribution in [0.1, 0.15) is 17.4 Å². The van der Waals surface area contributed by atoms with Crippen molar-refractivity contribution in [1.82, 2.24) is 19.6 Å². The number of nitrogens with one attached hydrogen (secondary N) is 3. The number of imidazole rings is 1. The summed E-state index contributed by atoms with van der Waals surface area (Å²) in [5.41, 5.74) is 1.91. The van der Waals surface area contributed by atoms with Gasteiger partial charge in [0.2, 0.25) is 0 Å². The van der Waals surface area contributed by atoms with Crippen LogP contribution in [-0.4, -0.2) is 37.2 Å². The third-order valence-electron chi connectivity index (χ3n) is 5.56. The third kappa shape index (κ3) is 6.57. The second kappa shape index (κ2) is 11.7. The average Bonchev–Trinajstić information content (AvgIpc) is 3.39. The van der Waals surface area contributed by atoms with Gasteiger partial charge in [0, 0.05) is 23.8 Å². The lowest BCUT2D eigenvalue weighted by molar-refractivity contribution is 0.187. The van der Waals surface area contributed by atoms with E-state index in [-0.39, 0.29) is 6.42 Å². The fourth-order valence-corrected chi connectivity index (χ4v) is 4.88. The summed E-state index contributed by atoms with van der Waals surface area (Å²) in [5, 5.41) is 5.10. The molecule has 39 heavy (non-hydrogen) atoms. The van der Waals surface area contributed by atoms with Crippen LogP contribution in [0.3, 0.4) is 0 Å². The Bertz CT molecular complexity index is 1560. The van der Waals surface area contributed by atoms with Gasteiger partial charge in [-0.2, -0.15) is 0 Å². The number of nitrogens with zero attached hydrogens (tertiary/aromatic N) is 2. The minimum atomic E-state index is -4.87. The molecule has 4 aromatic rings. The molecule has 10 nitrogen and oxygen atoms in total. The molecule has 13 heteroatoms. The lowest BCUT2D eigenvalue weighted by Gasteiger charge is -2.21. The smallest absolute Gasteiger partial charge is 0.411 e. The molecular weight excluding hydrogens is 532 g/mol. The molecule has 1 aromatic heterocycles. The average molecular weight is 556 g/mol. The molecular formula is C26H23F2N5O5S. The van der Waals surface area contributed by atoms with E-state index in [2.05, 4.69) is 20.4 Å². The molecule has 0 spiro atoms.